The predicted molar refractivity (Wildman–Crippen MR) is 82.1 cm³/mol. The summed E-state index contributed by atoms with van der Waals surface area (Å²) >= 11 is 0. The molecule has 0 bridgehead atoms. The van der Waals surface area contributed by atoms with Crippen molar-refractivity contribution in [1.29, 1.82) is 0 Å². The molecule has 1 N–H and O–H groups in total. The van der Waals surface area contributed by atoms with Crippen LogP contribution in [0.2, 0.25) is 0 Å². The topological polar surface area (TPSA) is 47.0 Å². The average Bonchev–Trinajstić information content (AvgIpc) is 2.46. The summed E-state index contributed by atoms with van der Waals surface area (Å²) in [5.41, 5.74) is 0.770. The van der Waals surface area contributed by atoms with Gasteiger partial charge in [-0.1, -0.05) is 40.0 Å². The van der Waals surface area contributed by atoms with E-state index in [4.69, 9.17) is 9.72 Å². The van der Waals surface area contributed by atoms with Gasteiger partial charge in [-0.15, -0.1) is 0 Å². The zero-order valence-electron chi connectivity index (χ0n) is 13.4. The third-order valence-corrected chi connectivity index (χ3v) is 4.21. The lowest BCUT2D eigenvalue weighted by Gasteiger charge is -2.35. The van der Waals surface area contributed by atoms with E-state index in [1.165, 1.54) is 19.3 Å². The van der Waals surface area contributed by atoms with Crippen molar-refractivity contribution < 1.29 is 4.74 Å². The van der Waals surface area contributed by atoms with Crippen molar-refractivity contribution in [1.82, 2.24) is 9.97 Å². The molecule has 1 aliphatic carbocycles. The average molecular weight is 277 g/mol. The molecule has 1 saturated carbocycles. The lowest BCUT2D eigenvalue weighted by Crippen LogP contribution is -2.34. The summed E-state index contributed by atoms with van der Waals surface area (Å²) in [4.78, 5) is 9.53. The smallest absolute Gasteiger partial charge is 0.162 e. The van der Waals surface area contributed by atoms with Crippen LogP contribution in [0, 0.1) is 0 Å². The first-order chi connectivity index (χ1) is 9.41. The van der Waals surface area contributed by atoms with Gasteiger partial charge in [0.15, 0.2) is 5.82 Å². The van der Waals surface area contributed by atoms with Crippen molar-refractivity contribution in [3.8, 4) is 0 Å². The van der Waals surface area contributed by atoms with Crippen LogP contribution in [-0.4, -0.2) is 24.1 Å². The second kappa shape index (κ2) is 5.68. The predicted octanol–water partition coefficient (Wildman–Crippen LogP) is 3.62. The highest BCUT2D eigenvalue weighted by Crippen LogP contribution is 2.39. The van der Waals surface area contributed by atoms with Gasteiger partial charge in [-0.3, -0.25) is 0 Å². The summed E-state index contributed by atoms with van der Waals surface area (Å²) in [6.07, 6.45) is 5.68. The second-order valence-corrected chi connectivity index (χ2v) is 6.72. The van der Waals surface area contributed by atoms with E-state index in [2.05, 4.69) is 31.1 Å². The molecular weight excluding hydrogens is 250 g/mol. The molecule has 0 saturated heterocycles. The fourth-order valence-corrected chi connectivity index (χ4v) is 2.81. The molecule has 1 aliphatic rings. The van der Waals surface area contributed by atoms with Crippen molar-refractivity contribution in [2.75, 3.05) is 19.5 Å². The summed E-state index contributed by atoms with van der Waals surface area (Å²) in [7, 11) is 3.69. The van der Waals surface area contributed by atoms with Gasteiger partial charge in [-0.2, -0.15) is 0 Å². The summed E-state index contributed by atoms with van der Waals surface area (Å²) in [5.74, 6) is 1.72. The number of ether oxygens (including phenoxy) is 1. The van der Waals surface area contributed by atoms with Crippen LogP contribution < -0.4 is 5.32 Å². The van der Waals surface area contributed by atoms with E-state index in [0.29, 0.717) is 0 Å². The molecular formula is C16H27N3O. The molecule has 1 heterocycles. The number of aromatic nitrogens is 2. The van der Waals surface area contributed by atoms with Crippen LogP contribution in [0.1, 0.15) is 64.4 Å². The summed E-state index contributed by atoms with van der Waals surface area (Å²) in [6.45, 7) is 6.54. The van der Waals surface area contributed by atoms with Crippen molar-refractivity contribution >= 4 is 5.82 Å². The fourth-order valence-electron chi connectivity index (χ4n) is 2.81. The molecule has 0 aromatic carbocycles. The monoisotopic (exact) mass is 277 g/mol. The quantitative estimate of drug-likeness (QED) is 0.916. The van der Waals surface area contributed by atoms with E-state index in [0.717, 1.165) is 30.2 Å². The first-order valence-electron chi connectivity index (χ1n) is 7.54. The minimum Gasteiger partial charge on any atom is -0.373 e. The maximum Gasteiger partial charge on any atom is 0.162 e. The maximum atomic E-state index is 5.88. The lowest BCUT2D eigenvalue weighted by atomic mass is 9.83. The van der Waals surface area contributed by atoms with Gasteiger partial charge in [0.25, 0.3) is 0 Å². The number of rotatable bonds is 3. The lowest BCUT2D eigenvalue weighted by molar-refractivity contribution is -0.0516. The number of anilines is 1. The highest BCUT2D eigenvalue weighted by Gasteiger charge is 2.37. The Bertz CT molecular complexity index is 459. The van der Waals surface area contributed by atoms with Gasteiger partial charge in [0.2, 0.25) is 0 Å². The molecule has 1 fully saturated rings. The van der Waals surface area contributed by atoms with Gasteiger partial charge in [0.1, 0.15) is 11.4 Å². The van der Waals surface area contributed by atoms with Crippen molar-refractivity contribution in [2.24, 2.45) is 0 Å². The van der Waals surface area contributed by atoms with Gasteiger partial charge in [0.05, 0.1) is 5.69 Å². The molecule has 20 heavy (non-hydrogen) atoms. The third kappa shape index (κ3) is 2.95. The SMILES string of the molecule is CNc1cc(C(C)(C)C)nc(C2(OC)CCCCC2)n1. The number of hydrogen-bond acceptors (Lipinski definition) is 4. The maximum absolute atomic E-state index is 5.88. The van der Waals surface area contributed by atoms with Crippen LogP contribution in [-0.2, 0) is 15.8 Å². The molecule has 0 amide bonds. The Morgan fingerprint density at radius 2 is 1.80 bits per heavy atom. The van der Waals surface area contributed by atoms with Crippen LogP contribution in [0.25, 0.3) is 0 Å². The number of methoxy groups -OCH3 is 1. The first kappa shape index (κ1) is 15.2. The minimum atomic E-state index is -0.300. The molecule has 2 rings (SSSR count). The summed E-state index contributed by atoms with van der Waals surface area (Å²) < 4.78 is 5.88. The molecule has 0 spiro atoms. The van der Waals surface area contributed by atoms with E-state index >= 15 is 0 Å². The molecule has 0 aliphatic heterocycles. The van der Waals surface area contributed by atoms with Crippen molar-refractivity contribution in [3.05, 3.63) is 17.6 Å². The van der Waals surface area contributed by atoms with Crippen LogP contribution in [0.4, 0.5) is 5.82 Å². The number of nitrogens with one attached hydrogen (secondary N) is 1. The van der Waals surface area contributed by atoms with Crippen molar-refractivity contribution in [3.63, 3.8) is 0 Å². The van der Waals surface area contributed by atoms with E-state index in [9.17, 15) is 0 Å². The number of nitrogens with zero attached hydrogens (tertiary/aromatic N) is 2. The Hall–Kier alpha value is -1.16. The molecule has 1 aromatic rings. The Kier molecular flexibility index (Phi) is 4.33. The van der Waals surface area contributed by atoms with Crippen LogP contribution in [0.5, 0.6) is 0 Å². The number of hydrogen-bond donors (Lipinski definition) is 1. The van der Waals surface area contributed by atoms with Gasteiger partial charge in [-0.05, 0) is 12.8 Å². The molecule has 112 valence electrons. The Labute approximate surface area is 122 Å². The second-order valence-electron chi connectivity index (χ2n) is 6.72. The third-order valence-electron chi connectivity index (χ3n) is 4.21. The van der Waals surface area contributed by atoms with Gasteiger partial charge in [-0.25, -0.2) is 9.97 Å². The Morgan fingerprint density at radius 1 is 1.15 bits per heavy atom. The van der Waals surface area contributed by atoms with Gasteiger partial charge in [0, 0.05) is 25.6 Å². The Balaban J connectivity index is 2.49. The molecule has 1 aromatic heterocycles. The van der Waals surface area contributed by atoms with E-state index in [1.807, 2.05) is 13.1 Å². The molecule has 4 nitrogen and oxygen atoms in total. The van der Waals surface area contributed by atoms with Crippen LogP contribution >= 0.6 is 0 Å². The largest absolute Gasteiger partial charge is 0.373 e. The van der Waals surface area contributed by atoms with Gasteiger partial charge >= 0.3 is 0 Å². The Morgan fingerprint density at radius 3 is 2.30 bits per heavy atom. The molecule has 0 unspecified atom stereocenters. The summed E-state index contributed by atoms with van der Waals surface area (Å²) in [5, 5.41) is 3.15. The first-order valence-corrected chi connectivity index (χ1v) is 7.54. The minimum absolute atomic E-state index is 0.00683. The van der Waals surface area contributed by atoms with Crippen LogP contribution in [0.3, 0.4) is 0 Å². The summed E-state index contributed by atoms with van der Waals surface area (Å²) in [6, 6.07) is 2.04. The van der Waals surface area contributed by atoms with Crippen LogP contribution in [0.15, 0.2) is 6.07 Å². The van der Waals surface area contributed by atoms with E-state index in [-0.39, 0.29) is 11.0 Å². The van der Waals surface area contributed by atoms with E-state index in [1.54, 1.807) is 7.11 Å². The standard InChI is InChI=1S/C16H27N3O/c1-15(2,3)12-11-13(17-4)19-14(18-12)16(20-5)9-7-6-8-10-16/h11H,6-10H2,1-5H3,(H,17,18,19). The highest BCUT2D eigenvalue weighted by molar-refractivity contribution is 5.38. The molecule has 4 heteroatoms. The highest BCUT2D eigenvalue weighted by atomic mass is 16.5. The molecule has 0 radical (unpaired) electrons. The fraction of sp³-hybridized carbons (Fsp3) is 0.750. The van der Waals surface area contributed by atoms with Gasteiger partial charge < -0.3 is 10.1 Å². The zero-order valence-corrected chi connectivity index (χ0v) is 13.4. The normalized spacial score (nSPS) is 18.9. The zero-order chi connectivity index (χ0) is 14.8. The van der Waals surface area contributed by atoms with E-state index < -0.39 is 0 Å². The van der Waals surface area contributed by atoms with Crippen molar-refractivity contribution in [2.45, 2.75) is 63.9 Å². The molecule has 0 atom stereocenters.